The van der Waals surface area contributed by atoms with Crippen molar-refractivity contribution in [3.05, 3.63) is 94.9 Å². The van der Waals surface area contributed by atoms with E-state index in [4.69, 9.17) is 16.3 Å². The van der Waals surface area contributed by atoms with Crippen molar-refractivity contribution in [1.82, 2.24) is 4.57 Å². The molecule has 0 saturated heterocycles. The lowest BCUT2D eigenvalue weighted by Crippen LogP contribution is -2.08. The standard InChI is InChI=1S/C25H18ClFN2O2/c26-17-9-10-19-20(25(30)28-22(19)14-17)13-16-15-29(23-7-3-1-5-18(16)23)11-12-31-24-8-4-2-6-21(24)27/h1-10,13-15H,11-12H2,(H,28,30)/b20-13+. The summed E-state index contributed by atoms with van der Waals surface area (Å²) in [4.78, 5) is 12.6. The number of carbonyl (C=O) groups excluding carboxylic acids is 1. The second-order valence-corrected chi connectivity index (χ2v) is 7.71. The number of fused-ring (bicyclic) bond motifs is 2. The van der Waals surface area contributed by atoms with Crippen LogP contribution in [0.25, 0.3) is 22.6 Å². The van der Waals surface area contributed by atoms with Gasteiger partial charge in [-0.05, 0) is 36.4 Å². The predicted molar refractivity (Wildman–Crippen MR) is 122 cm³/mol. The summed E-state index contributed by atoms with van der Waals surface area (Å²) in [6.45, 7) is 0.855. The summed E-state index contributed by atoms with van der Waals surface area (Å²) in [7, 11) is 0. The van der Waals surface area contributed by atoms with Gasteiger partial charge < -0.3 is 14.6 Å². The van der Waals surface area contributed by atoms with Crippen LogP contribution in [0.3, 0.4) is 0 Å². The van der Waals surface area contributed by atoms with Crippen LogP contribution in [-0.4, -0.2) is 17.1 Å². The fraction of sp³-hybridized carbons (Fsp3) is 0.0800. The molecule has 0 fully saturated rings. The smallest absolute Gasteiger partial charge is 0.256 e. The number of nitrogens with zero attached hydrogens (tertiary/aromatic N) is 1. The van der Waals surface area contributed by atoms with Gasteiger partial charge in [-0.1, -0.05) is 48.0 Å². The van der Waals surface area contributed by atoms with E-state index in [2.05, 4.69) is 9.88 Å². The van der Waals surface area contributed by atoms with Crippen molar-refractivity contribution in [2.75, 3.05) is 11.9 Å². The first-order valence-electron chi connectivity index (χ1n) is 9.88. The Hall–Kier alpha value is -3.57. The summed E-state index contributed by atoms with van der Waals surface area (Å²) in [6, 6.07) is 19.7. The summed E-state index contributed by atoms with van der Waals surface area (Å²) in [6.07, 6.45) is 3.88. The zero-order valence-electron chi connectivity index (χ0n) is 16.4. The van der Waals surface area contributed by atoms with Crippen molar-refractivity contribution in [3.8, 4) is 5.75 Å². The number of para-hydroxylation sites is 2. The maximum absolute atomic E-state index is 13.8. The number of anilines is 1. The molecule has 0 unspecified atom stereocenters. The lowest BCUT2D eigenvalue weighted by atomic mass is 10.0. The molecule has 5 rings (SSSR count). The van der Waals surface area contributed by atoms with Gasteiger partial charge in [-0.15, -0.1) is 0 Å². The molecule has 4 nitrogen and oxygen atoms in total. The Labute approximate surface area is 183 Å². The van der Waals surface area contributed by atoms with Gasteiger partial charge in [-0.2, -0.15) is 0 Å². The first-order chi connectivity index (χ1) is 15.1. The highest BCUT2D eigenvalue weighted by Gasteiger charge is 2.24. The number of hydrogen-bond acceptors (Lipinski definition) is 2. The Morgan fingerprint density at radius 2 is 1.87 bits per heavy atom. The zero-order chi connectivity index (χ0) is 21.4. The Balaban J connectivity index is 1.46. The Kier molecular flexibility index (Phi) is 4.96. The largest absolute Gasteiger partial charge is 0.489 e. The second kappa shape index (κ2) is 7.93. The molecule has 0 atom stereocenters. The number of nitrogens with one attached hydrogen (secondary N) is 1. The molecular formula is C25H18ClFN2O2. The molecule has 0 saturated carbocycles. The van der Waals surface area contributed by atoms with Gasteiger partial charge in [0.05, 0.1) is 12.2 Å². The molecule has 0 radical (unpaired) electrons. The summed E-state index contributed by atoms with van der Waals surface area (Å²) < 4.78 is 21.5. The monoisotopic (exact) mass is 432 g/mol. The topological polar surface area (TPSA) is 43.3 Å². The summed E-state index contributed by atoms with van der Waals surface area (Å²) >= 11 is 6.05. The van der Waals surface area contributed by atoms with E-state index >= 15 is 0 Å². The zero-order valence-corrected chi connectivity index (χ0v) is 17.2. The van der Waals surface area contributed by atoms with Gasteiger partial charge >= 0.3 is 0 Å². The average molecular weight is 433 g/mol. The van der Waals surface area contributed by atoms with Crippen molar-refractivity contribution >= 4 is 45.7 Å². The maximum atomic E-state index is 13.8. The normalized spacial score (nSPS) is 14.1. The van der Waals surface area contributed by atoms with Crippen molar-refractivity contribution in [2.24, 2.45) is 0 Å². The molecule has 0 aliphatic carbocycles. The van der Waals surface area contributed by atoms with Crippen LogP contribution in [0, 0.1) is 5.82 Å². The summed E-state index contributed by atoms with van der Waals surface area (Å²) in [5.74, 6) is -0.299. The molecular weight excluding hydrogens is 415 g/mol. The lowest BCUT2D eigenvalue weighted by Gasteiger charge is -2.08. The minimum absolute atomic E-state index is 0.156. The van der Waals surface area contributed by atoms with Gasteiger partial charge in [-0.25, -0.2) is 4.39 Å². The highest BCUT2D eigenvalue weighted by atomic mass is 35.5. The first kappa shape index (κ1) is 19.4. The van der Waals surface area contributed by atoms with Crippen LogP contribution >= 0.6 is 11.6 Å². The molecule has 2 heterocycles. The van der Waals surface area contributed by atoms with Crippen LogP contribution in [0.1, 0.15) is 11.1 Å². The number of benzene rings is 3. The molecule has 3 aromatic carbocycles. The number of hydrogen-bond donors (Lipinski definition) is 1. The predicted octanol–water partition coefficient (Wildman–Crippen LogP) is 6.01. The number of amides is 1. The first-order valence-corrected chi connectivity index (χ1v) is 10.3. The van der Waals surface area contributed by atoms with E-state index in [-0.39, 0.29) is 17.5 Å². The number of carbonyl (C=O) groups is 1. The van der Waals surface area contributed by atoms with Crippen LogP contribution in [0.5, 0.6) is 5.75 Å². The van der Waals surface area contributed by atoms with Crippen LogP contribution in [-0.2, 0) is 11.3 Å². The highest BCUT2D eigenvalue weighted by Crippen LogP contribution is 2.36. The molecule has 0 spiro atoms. The molecule has 1 N–H and O–H groups in total. The number of rotatable bonds is 5. The molecule has 4 aromatic rings. The second-order valence-electron chi connectivity index (χ2n) is 7.28. The van der Waals surface area contributed by atoms with Gasteiger partial charge in [0.15, 0.2) is 11.6 Å². The van der Waals surface area contributed by atoms with E-state index in [1.807, 2.05) is 42.6 Å². The number of halogens is 2. The van der Waals surface area contributed by atoms with Crippen LogP contribution in [0.15, 0.2) is 72.9 Å². The van der Waals surface area contributed by atoms with Crippen molar-refractivity contribution in [1.29, 1.82) is 0 Å². The molecule has 31 heavy (non-hydrogen) atoms. The Morgan fingerprint density at radius 3 is 2.74 bits per heavy atom. The molecule has 1 amide bonds. The summed E-state index contributed by atoms with van der Waals surface area (Å²) in [5.41, 5.74) is 4.08. The van der Waals surface area contributed by atoms with E-state index in [1.165, 1.54) is 6.07 Å². The third-order valence-corrected chi connectivity index (χ3v) is 5.55. The molecule has 1 aliphatic rings. The molecule has 0 bridgehead atoms. The quantitative estimate of drug-likeness (QED) is 0.393. The van der Waals surface area contributed by atoms with E-state index in [0.717, 1.165) is 22.0 Å². The molecule has 6 heteroatoms. The van der Waals surface area contributed by atoms with Crippen molar-refractivity contribution in [3.63, 3.8) is 0 Å². The van der Waals surface area contributed by atoms with Crippen molar-refractivity contribution < 1.29 is 13.9 Å². The third kappa shape index (κ3) is 3.68. The van der Waals surface area contributed by atoms with Crippen LogP contribution in [0.4, 0.5) is 10.1 Å². The number of ether oxygens (including phenoxy) is 1. The van der Waals surface area contributed by atoms with Gasteiger partial charge in [-0.3, -0.25) is 4.79 Å². The van der Waals surface area contributed by atoms with E-state index in [0.29, 0.717) is 29.4 Å². The molecule has 1 aromatic heterocycles. The minimum atomic E-state index is -0.378. The van der Waals surface area contributed by atoms with Crippen LogP contribution < -0.4 is 10.1 Å². The summed E-state index contributed by atoms with van der Waals surface area (Å²) in [5, 5.41) is 4.47. The number of aromatic nitrogens is 1. The Morgan fingerprint density at radius 1 is 1.06 bits per heavy atom. The van der Waals surface area contributed by atoms with Crippen molar-refractivity contribution in [2.45, 2.75) is 6.54 Å². The van der Waals surface area contributed by atoms with E-state index < -0.39 is 0 Å². The lowest BCUT2D eigenvalue weighted by molar-refractivity contribution is -0.110. The fourth-order valence-electron chi connectivity index (χ4n) is 3.86. The van der Waals surface area contributed by atoms with E-state index in [9.17, 15) is 9.18 Å². The third-order valence-electron chi connectivity index (χ3n) is 5.31. The molecule has 154 valence electrons. The SMILES string of the molecule is O=C1Nc2cc(Cl)ccc2/C1=C\c1cn(CCOc2ccccc2F)c2ccccc12. The maximum Gasteiger partial charge on any atom is 0.256 e. The fourth-order valence-corrected chi connectivity index (χ4v) is 4.03. The van der Waals surface area contributed by atoms with Gasteiger partial charge in [0, 0.05) is 38.8 Å². The van der Waals surface area contributed by atoms with Gasteiger partial charge in [0.25, 0.3) is 5.91 Å². The van der Waals surface area contributed by atoms with E-state index in [1.54, 1.807) is 30.3 Å². The van der Waals surface area contributed by atoms with Gasteiger partial charge in [0.2, 0.25) is 0 Å². The average Bonchev–Trinajstić information content (AvgIpc) is 3.27. The van der Waals surface area contributed by atoms with Gasteiger partial charge in [0.1, 0.15) is 6.61 Å². The van der Waals surface area contributed by atoms with Crippen LogP contribution in [0.2, 0.25) is 5.02 Å². The molecule has 1 aliphatic heterocycles. The highest BCUT2D eigenvalue weighted by molar-refractivity contribution is 6.36. The Bertz CT molecular complexity index is 1340. The minimum Gasteiger partial charge on any atom is -0.489 e.